The fraction of sp³-hybridized carbons (Fsp3) is 0.235. The Balaban J connectivity index is 1.88. The van der Waals surface area contributed by atoms with E-state index in [0.29, 0.717) is 26.7 Å². The van der Waals surface area contributed by atoms with Crippen LogP contribution in [-0.2, 0) is 0 Å². The van der Waals surface area contributed by atoms with Gasteiger partial charge in [0.05, 0.1) is 21.1 Å². The molecule has 5 nitrogen and oxygen atoms in total. The van der Waals surface area contributed by atoms with Crippen LogP contribution < -0.4 is 10.3 Å². The molecule has 1 aromatic carbocycles. The fourth-order valence-corrected chi connectivity index (χ4v) is 3.43. The third-order valence-electron chi connectivity index (χ3n) is 4.11. The minimum Gasteiger partial charge on any atom is -0.472 e. The lowest BCUT2D eigenvalue weighted by Gasteiger charge is -2.34. The third-order valence-corrected chi connectivity index (χ3v) is 4.74. The Hall–Kier alpha value is -2.25. The summed E-state index contributed by atoms with van der Waals surface area (Å²) >= 11 is 12.6. The van der Waals surface area contributed by atoms with Crippen molar-refractivity contribution in [3.63, 3.8) is 0 Å². The minimum atomic E-state index is -2.73. The summed E-state index contributed by atoms with van der Waals surface area (Å²) in [6.07, 6.45) is -0.199. The summed E-state index contributed by atoms with van der Waals surface area (Å²) in [6, 6.07) is 7.89. The molecule has 1 aliphatic rings. The van der Waals surface area contributed by atoms with Crippen LogP contribution in [0.4, 0.5) is 8.78 Å². The smallest absolute Gasteiger partial charge is 0.273 e. The zero-order valence-corrected chi connectivity index (χ0v) is 14.6. The average molecular weight is 398 g/mol. The molecule has 0 N–H and O–H groups in total. The normalized spacial score (nSPS) is 16.5. The minimum absolute atomic E-state index is 0.0958. The Bertz CT molecular complexity index is 1040. The van der Waals surface area contributed by atoms with E-state index >= 15 is 0 Å². The first-order valence-corrected chi connectivity index (χ1v) is 8.47. The van der Waals surface area contributed by atoms with Crippen molar-refractivity contribution in [3.05, 3.63) is 57.1 Å². The number of hydrogen-bond acceptors (Lipinski definition) is 4. The van der Waals surface area contributed by atoms with Crippen molar-refractivity contribution in [2.45, 2.75) is 24.9 Å². The van der Waals surface area contributed by atoms with Gasteiger partial charge < -0.3 is 4.74 Å². The fourth-order valence-electron chi connectivity index (χ4n) is 2.83. The summed E-state index contributed by atoms with van der Waals surface area (Å²) in [5.74, 6) is -2.63. The Morgan fingerprint density at radius 2 is 1.88 bits per heavy atom. The molecular weight excluding hydrogens is 387 g/mol. The molecule has 0 unspecified atom stereocenters. The number of alkyl halides is 2. The van der Waals surface area contributed by atoms with E-state index in [4.69, 9.17) is 27.9 Å². The molecule has 3 aromatic rings. The molecule has 9 heteroatoms. The average Bonchev–Trinajstić information content (AvgIpc) is 2.53. The quantitative estimate of drug-likeness (QED) is 0.663. The number of halogens is 4. The van der Waals surface area contributed by atoms with Gasteiger partial charge in [0.15, 0.2) is 0 Å². The van der Waals surface area contributed by atoms with Gasteiger partial charge in [-0.1, -0.05) is 29.3 Å². The molecule has 2 heterocycles. The van der Waals surface area contributed by atoms with Crippen molar-refractivity contribution in [3.8, 4) is 17.0 Å². The third kappa shape index (κ3) is 3.12. The van der Waals surface area contributed by atoms with Crippen molar-refractivity contribution in [2.75, 3.05) is 0 Å². The number of hydrogen-bond donors (Lipinski definition) is 0. The van der Waals surface area contributed by atoms with Gasteiger partial charge in [0.2, 0.25) is 5.88 Å². The first kappa shape index (κ1) is 17.2. The lowest BCUT2D eigenvalue weighted by Crippen LogP contribution is -2.43. The first-order valence-electron chi connectivity index (χ1n) is 7.71. The molecule has 1 fully saturated rings. The van der Waals surface area contributed by atoms with Crippen LogP contribution in [0.2, 0.25) is 10.0 Å². The molecule has 26 heavy (non-hydrogen) atoms. The van der Waals surface area contributed by atoms with E-state index in [2.05, 4.69) is 10.1 Å². The number of ether oxygens (including phenoxy) is 1. The molecule has 1 saturated carbocycles. The highest BCUT2D eigenvalue weighted by molar-refractivity contribution is 6.39. The molecule has 0 saturated heterocycles. The second-order valence-corrected chi connectivity index (χ2v) is 6.87. The van der Waals surface area contributed by atoms with Crippen LogP contribution in [0.5, 0.6) is 5.88 Å². The van der Waals surface area contributed by atoms with Crippen molar-refractivity contribution in [1.29, 1.82) is 0 Å². The van der Waals surface area contributed by atoms with E-state index in [0.717, 1.165) is 0 Å². The van der Waals surface area contributed by atoms with Gasteiger partial charge >= 0.3 is 0 Å². The van der Waals surface area contributed by atoms with Gasteiger partial charge in [0.25, 0.3) is 11.5 Å². The molecule has 0 bridgehead atoms. The molecule has 2 aromatic heterocycles. The summed E-state index contributed by atoms with van der Waals surface area (Å²) in [5.41, 5.74) is 0.884. The molecule has 0 aliphatic heterocycles. The number of benzene rings is 1. The van der Waals surface area contributed by atoms with Gasteiger partial charge in [-0.15, -0.1) is 5.10 Å². The Labute approximate surface area is 156 Å². The predicted octanol–water partition coefficient (Wildman–Crippen LogP) is 4.24. The standard InChI is InChI=1S/C17H11Cl2F2N3O2/c18-12-2-1-3-13(19)15(12)11-4-9-5-14(25)22-8-24(9)23-16(11)26-10-6-17(20,21)7-10/h1-5,8,10H,6-7H2. The number of aromatic nitrogens is 3. The predicted molar refractivity (Wildman–Crippen MR) is 93.3 cm³/mol. The van der Waals surface area contributed by atoms with E-state index < -0.39 is 17.6 Å². The molecular formula is C17H11Cl2F2N3O2. The highest BCUT2D eigenvalue weighted by atomic mass is 35.5. The van der Waals surface area contributed by atoms with Crippen LogP contribution in [0.3, 0.4) is 0 Å². The van der Waals surface area contributed by atoms with E-state index in [1.807, 2.05) is 0 Å². The largest absolute Gasteiger partial charge is 0.472 e. The Kier molecular flexibility index (Phi) is 4.08. The molecule has 134 valence electrons. The second kappa shape index (κ2) is 6.17. The lowest BCUT2D eigenvalue weighted by molar-refractivity contribution is -0.135. The Morgan fingerprint density at radius 1 is 1.19 bits per heavy atom. The van der Waals surface area contributed by atoms with Crippen molar-refractivity contribution >= 4 is 28.7 Å². The van der Waals surface area contributed by atoms with E-state index in [1.54, 1.807) is 24.3 Å². The van der Waals surface area contributed by atoms with Crippen LogP contribution in [0.25, 0.3) is 16.6 Å². The monoisotopic (exact) mass is 397 g/mol. The zero-order chi connectivity index (χ0) is 18.5. The van der Waals surface area contributed by atoms with Crippen molar-refractivity contribution < 1.29 is 13.5 Å². The van der Waals surface area contributed by atoms with E-state index in [-0.39, 0.29) is 18.7 Å². The second-order valence-electron chi connectivity index (χ2n) is 6.06. The van der Waals surface area contributed by atoms with Gasteiger partial charge in [-0.25, -0.2) is 13.3 Å². The highest BCUT2D eigenvalue weighted by Crippen LogP contribution is 2.43. The van der Waals surface area contributed by atoms with Crippen LogP contribution in [0.15, 0.2) is 41.5 Å². The zero-order valence-electron chi connectivity index (χ0n) is 13.1. The first-order chi connectivity index (χ1) is 12.3. The molecule has 0 radical (unpaired) electrons. The number of fused-ring (bicyclic) bond motifs is 1. The number of nitrogens with zero attached hydrogens (tertiary/aromatic N) is 3. The van der Waals surface area contributed by atoms with Gasteiger partial charge in [-0.3, -0.25) is 4.79 Å². The van der Waals surface area contributed by atoms with Gasteiger partial charge in [0, 0.05) is 24.5 Å². The summed E-state index contributed by atoms with van der Waals surface area (Å²) in [6.45, 7) is 0. The van der Waals surface area contributed by atoms with Gasteiger partial charge in [0.1, 0.15) is 12.4 Å². The topological polar surface area (TPSA) is 56.5 Å². The molecule has 0 amide bonds. The molecule has 4 rings (SSSR count). The maximum absolute atomic E-state index is 13.1. The maximum atomic E-state index is 13.1. The van der Waals surface area contributed by atoms with E-state index in [9.17, 15) is 13.6 Å². The Morgan fingerprint density at radius 3 is 2.54 bits per heavy atom. The summed E-state index contributed by atoms with van der Waals surface area (Å²) in [5, 5.41) is 4.98. The molecule has 0 spiro atoms. The molecule has 0 atom stereocenters. The van der Waals surface area contributed by atoms with Crippen molar-refractivity contribution in [1.82, 2.24) is 14.6 Å². The maximum Gasteiger partial charge on any atom is 0.273 e. The van der Waals surface area contributed by atoms with Gasteiger partial charge in [-0.2, -0.15) is 4.98 Å². The van der Waals surface area contributed by atoms with Crippen molar-refractivity contribution in [2.24, 2.45) is 0 Å². The lowest BCUT2D eigenvalue weighted by atomic mass is 9.91. The SMILES string of the molecule is O=c1cc2cc(-c3c(Cl)cccc3Cl)c(OC3CC(F)(F)C3)nn2cn1. The number of rotatable bonds is 3. The van der Waals surface area contributed by atoms with E-state index in [1.165, 1.54) is 16.9 Å². The summed E-state index contributed by atoms with van der Waals surface area (Å²) in [4.78, 5) is 15.2. The van der Waals surface area contributed by atoms with Crippen LogP contribution in [0.1, 0.15) is 12.8 Å². The summed E-state index contributed by atoms with van der Waals surface area (Å²) in [7, 11) is 0. The summed E-state index contributed by atoms with van der Waals surface area (Å²) < 4.78 is 33.3. The van der Waals surface area contributed by atoms with Crippen LogP contribution in [-0.4, -0.2) is 26.6 Å². The van der Waals surface area contributed by atoms with Crippen LogP contribution >= 0.6 is 23.2 Å². The van der Waals surface area contributed by atoms with Crippen LogP contribution in [0, 0.1) is 0 Å². The molecule has 1 aliphatic carbocycles. The van der Waals surface area contributed by atoms with Gasteiger partial charge in [-0.05, 0) is 18.2 Å². The highest BCUT2D eigenvalue weighted by Gasteiger charge is 2.47.